The Bertz CT molecular complexity index is 495. The molecule has 2 saturated heterocycles. The fraction of sp³-hybridized carbons (Fsp3) is 0.571. The normalized spacial score (nSPS) is 30.8. The van der Waals surface area contributed by atoms with Gasteiger partial charge in [-0.1, -0.05) is 6.07 Å². The van der Waals surface area contributed by atoms with Crippen LogP contribution in [0.3, 0.4) is 0 Å². The quantitative estimate of drug-likeness (QED) is 0.653. The van der Waals surface area contributed by atoms with Crippen molar-refractivity contribution in [3.63, 3.8) is 0 Å². The molecule has 1 aromatic carbocycles. The molecule has 0 aromatic heterocycles. The molecule has 2 fully saturated rings. The zero-order chi connectivity index (χ0) is 13.6. The molecule has 3 nitrogen and oxygen atoms in total. The molecule has 0 aliphatic carbocycles. The van der Waals surface area contributed by atoms with Gasteiger partial charge >= 0.3 is 0 Å². The van der Waals surface area contributed by atoms with Crippen molar-refractivity contribution in [2.75, 3.05) is 0 Å². The van der Waals surface area contributed by atoms with Gasteiger partial charge in [-0.2, -0.15) is 0 Å². The monoisotopic (exact) mass is 268 g/mol. The van der Waals surface area contributed by atoms with Gasteiger partial charge in [-0.25, -0.2) is 8.78 Å². The average Bonchev–Trinajstić information content (AvgIpc) is 3.01. The molecule has 1 aromatic rings. The summed E-state index contributed by atoms with van der Waals surface area (Å²) in [6.07, 6.45) is 3.08. The van der Waals surface area contributed by atoms with Crippen molar-refractivity contribution < 1.29 is 13.5 Å². The highest BCUT2D eigenvalue weighted by molar-refractivity contribution is 5.30. The van der Waals surface area contributed by atoms with Crippen LogP contribution < -0.4 is 11.3 Å². The highest BCUT2D eigenvalue weighted by Crippen LogP contribution is 2.45. The number of hydrogen-bond donors (Lipinski definition) is 2. The Hall–Kier alpha value is -1.04. The van der Waals surface area contributed by atoms with Gasteiger partial charge < -0.3 is 4.74 Å². The molecule has 2 aliphatic heterocycles. The number of hydrogen-bond acceptors (Lipinski definition) is 3. The van der Waals surface area contributed by atoms with Crippen LogP contribution in [0.4, 0.5) is 8.78 Å². The van der Waals surface area contributed by atoms with Crippen molar-refractivity contribution in [1.29, 1.82) is 0 Å². The summed E-state index contributed by atoms with van der Waals surface area (Å²) in [7, 11) is 0. The summed E-state index contributed by atoms with van der Waals surface area (Å²) < 4.78 is 34.0. The highest BCUT2D eigenvalue weighted by Gasteiger charge is 2.45. The molecular weight excluding hydrogens is 250 g/mol. The minimum absolute atomic E-state index is 0.0366. The lowest BCUT2D eigenvalue weighted by Gasteiger charge is -2.29. The zero-order valence-corrected chi connectivity index (χ0v) is 10.8. The first-order chi connectivity index (χ1) is 9.11. The minimum atomic E-state index is -0.547. The molecule has 4 unspecified atom stereocenters. The molecule has 0 radical (unpaired) electrons. The molecule has 2 heterocycles. The van der Waals surface area contributed by atoms with Gasteiger partial charge in [0.25, 0.3) is 0 Å². The summed E-state index contributed by atoms with van der Waals surface area (Å²) in [6.45, 7) is 1.63. The van der Waals surface area contributed by atoms with Crippen LogP contribution in [-0.4, -0.2) is 12.2 Å². The van der Waals surface area contributed by atoms with E-state index in [2.05, 4.69) is 5.43 Å². The van der Waals surface area contributed by atoms with Gasteiger partial charge in [0.15, 0.2) is 0 Å². The number of nitrogens with two attached hydrogens (primary N) is 1. The van der Waals surface area contributed by atoms with E-state index in [0.717, 1.165) is 19.3 Å². The first-order valence-electron chi connectivity index (χ1n) is 6.68. The fourth-order valence-electron chi connectivity index (χ4n) is 3.41. The van der Waals surface area contributed by atoms with Crippen molar-refractivity contribution >= 4 is 0 Å². The Morgan fingerprint density at radius 3 is 2.74 bits per heavy atom. The molecule has 2 aliphatic rings. The van der Waals surface area contributed by atoms with Crippen LogP contribution >= 0.6 is 0 Å². The van der Waals surface area contributed by atoms with E-state index in [-0.39, 0.29) is 23.7 Å². The number of aryl methyl sites for hydroxylation is 1. The second-order valence-electron chi connectivity index (χ2n) is 5.51. The average molecular weight is 268 g/mol. The molecule has 3 rings (SSSR count). The Kier molecular flexibility index (Phi) is 3.28. The third-order valence-electron chi connectivity index (χ3n) is 4.39. The number of halogens is 2. The number of hydrazine groups is 1. The third kappa shape index (κ3) is 2.06. The largest absolute Gasteiger partial charge is 0.375 e. The second kappa shape index (κ2) is 4.81. The standard InChI is InChI=1S/C14H18F2N2O/c1-7-2-4-10(15)12(13(7)16)14(18-17)9-6-8-3-5-11(9)19-8/h2,4,8-9,11,14,18H,3,5-6,17H2,1H3. The van der Waals surface area contributed by atoms with Crippen molar-refractivity contribution in [3.8, 4) is 0 Å². The molecule has 19 heavy (non-hydrogen) atoms. The van der Waals surface area contributed by atoms with E-state index in [0.29, 0.717) is 5.56 Å². The maximum atomic E-state index is 14.2. The Morgan fingerprint density at radius 2 is 2.16 bits per heavy atom. The van der Waals surface area contributed by atoms with E-state index in [9.17, 15) is 8.78 Å². The number of rotatable bonds is 3. The molecule has 104 valence electrons. The van der Waals surface area contributed by atoms with Crippen LogP contribution in [-0.2, 0) is 4.74 Å². The van der Waals surface area contributed by atoms with Crippen LogP contribution in [0.1, 0.15) is 36.4 Å². The van der Waals surface area contributed by atoms with Crippen molar-refractivity contribution in [3.05, 3.63) is 34.9 Å². The fourth-order valence-corrected chi connectivity index (χ4v) is 3.41. The van der Waals surface area contributed by atoms with Crippen LogP contribution in [0.15, 0.2) is 12.1 Å². The van der Waals surface area contributed by atoms with Gasteiger partial charge in [-0.15, -0.1) is 0 Å². The van der Waals surface area contributed by atoms with Crippen LogP contribution in [0.2, 0.25) is 0 Å². The molecule has 0 spiro atoms. The molecule has 0 saturated carbocycles. The molecule has 0 amide bonds. The molecule has 4 atom stereocenters. The third-order valence-corrected chi connectivity index (χ3v) is 4.39. The Morgan fingerprint density at radius 1 is 1.37 bits per heavy atom. The smallest absolute Gasteiger partial charge is 0.133 e. The highest BCUT2D eigenvalue weighted by atomic mass is 19.1. The van der Waals surface area contributed by atoms with Crippen LogP contribution in [0.5, 0.6) is 0 Å². The van der Waals surface area contributed by atoms with Gasteiger partial charge in [0.05, 0.1) is 18.2 Å². The van der Waals surface area contributed by atoms with E-state index in [4.69, 9.17) is 10.6 Å². The molecule has 2 bridgehead atoms. The van der Waals surface area contributed by atoms with Crippen LogP contribution in [0, 0.1) is 24.5 Å². The summed E-state index contributed by atoms with van der Waals surface area (Å²) in [5.74, 6) is 4.55. The predicted molar refractivity (Wildman–Crippen MR) is 67.2 cm³/mol. The summed E-state index contributed by atoms with van der Waals surface area (Å²) in [6, 6.07) is 2.21. The summed E-state index contributed by atoms with van der Waals surface area (Å²) in [4.78, 5) is 0. The predicted octanol–water partition coefficient (Wildman–Crippen LogP) is 2.35. The first kappa shape index (κ1) is 13.0. The lowest BCUT2D eigenvalue weighted by molar-refractivity contribution is 0.0850. The number of ether oxygens (including phenoxy) is 1. The van der Waals surface area contributed by atoms with Gasteiger partial charge in [-0.05, 0) is 37.8 Å². The number of fused-ring (bicyclic) bond motifs is 2. The maximum absolute atomic E-state index is 14.2. The van der Waals surface area contributed by atoms with Crippen molar-refractivity contribution in [2.24, 2.45) is 11.8 Å². The Balaban J connectivity index is 1.97. The summed E-state index contributed by atoms with van der Waals surface area (Å²) in [5, 5.41) is 0. The molecule has 3 N–H and O–H groups in total. The van der Waals surface area contributed by atoms with E-state index < -0.39 is 17.7 Å². The number of nitrogens with one attached hydrogen (secondary N) is 1. The first-order valence-corrected chi connectivity index (χ1v) is 6.68. The minimum Gasteiger partial charge on any atom is -0.375 e. The van der Waals surface area contributed by atoms with E-state index in [1.54, 1.807) is 6.92 Å². The van der Waals surface area contributed by atoms with Crippen molar-refractivity contribution in [1.82, 2.24) is 5.43 Å². The van der Waals surface area contributed by atoms with Gasteiger partial charge in [-0.3, -0.25) is 11.3 Å². The lowest BCUT2D eigenvalue weighted by Crippen LogP contribution is -2.38. The summed E-state index contributed by atoms with van der Waals surface area (Å²) >= 11 is 0. The van der Waals surface area contributed by atoms with Crippen LogP contribution in [0.25, 0.3) is 0 Å². The van der Waals surface area contributed by atoms with E-state index >= 15 is 0 Å². The Labute approximate surface area is 111 Å². The number of benzene rings is 1. The molecular formula is C14H18F2N2O. The summed E-state index contributed by atoms with van der Waals surface area (Å²) in [5.41, 5.74) is 3.07. The van der Waals surface area contributed by atoms with Gasteiger partial charge in [0.2, 0.25) is 0 Å². The van der Waals surface area contributed by atoms with Crippen molar-refractivity contribution in [2.45, 2.75) is 44.4 Å². The van der Waals surface area contributed by atoms with E-state index in [1.807, 2.05) is 0 Å². The van der Waals surface area contributed by atoms with Gasteiger partial charge in [0.1, 0.15) is 11.6 Å². The lowest BCUT2D eigenvalue weighted by atomic mass is 9.80. The van der Waals surface area contributed by atoms with E-state index in [1.165, 1.54) is 12.1 Å². The second-order valence-corrected chi connectivity index (χ2v) is 5.51. The topological polar surface area (TPSA) is 47.3 Å². The maximum Gasteiger partial charge on any atom is 0.133 e. The molecule has 5 heteroatoms. The SMILES string of the molecule is Cc1ccc(F)c(C(NN)C2CC3CCC2O3)c1F. The van der Waals surface area contributed by atoms with Gasteiger partial charge in [0, 0.05) is 11.5 Å². The zero-order valence-electron chi connectivity index (χ0n) is 10.8.